The number of benzene rings is 2. The van der Waals surface area contributed by atoms with Gasteiger partial charge in [-0.15, -0.1) is 0 Å². The van der Waals surface area contributed by atoms with Crippen molar-refractivity contribution in [2.24, 2.45) is 0 Å². The molecule has 2 aromatic rings. The third-order valence-electron chi connectivity index (χ3n) is 2.55. The van der Waals surface area contributed by atoms with E-state index in [9.17, 15) is 18.7 Å². The van der Waals surface area contributed by atoms with Crippen molar-refractivity contribution >= 4 is 11.6 Å². The molecule has 0 aliphatic heterocycles. The number of carbonyl (C=O) groups excluding carboxylic acids is 1. The molecule has 2 aromatic carbocycles. The standard InChI is InChI=1S/C14H11F2NO2/c15-11-7-6-10(8-12(11)16)17-14(19)13(18)9-4-2-1-3-5-9/h1-8,13,18H,(H,17,19)/t13-/m1/s1. The molecular weight excluding hydrogens is 252 g/mol. The average molecular weight is 263 g/mol. The molecule has 19 heavy (non-hydrogen) atoms. The van der Waals surface area contributed by atoms with Crippen LogP contribution in [0.1, 0.15) is 11.7 Å². The maximum atomic E-state index is 13.0. The maximum Gasteiger partial charge on any atom is 0.257 e. The molecule has 0 fully saturated rings. The first-order valence-electron chi connectivity index (χ1n) is 5.57. The van der Waals surface area contributed by atoms with Crippen LogP contribution in [0.25, 0.3) is 0 Å². The molecule has 1 amide bonds. The second-order valence-electron chi connectivity index (χ2n) is 3.93. The zero-order chi connectivity index (χ0) is 13.8. The van der Waals surface area contributed by atoms with Crippen LogP contribution in [0.5, 0.6) is 0 Å². The van der Waals surface area contributed by atoms with E-state index in [-0.39, 0.29) is 5.69 Å². The van der Waals surface area contributed by atoms with Crippen LogP contribution in [0.15, 0.2) is 48.5 Å². The monoisotopic (exact) mass is 263 g/mol. The van der Waals surface area contributed by atoms with Crippen molar-refractivity contribution in [1.29, 1.82) is 0 Å². The first-order chi connectivity index (χ1) is 9.08. The number of aliphatic hydroxyl groups excluding tert-OH is 1. The third kappa shape index (κ3) is 3.14. The molecule has 3 nitrogen and oxygen atoms in total. The fourth-order valence-electron chi connectivity index (χ4n) is 1.57. The fraction of sp³-hybridized carbons (Fsp3) is 0.0714. The van der Waals surface area contributed by atoms with E-state index in [1.807, 2.05) is 0 Å². The normalized spacial score (nSPS) is 11.9. The Balaban J connectivity index is 2.10. The van der Waals surface area contributed by atoms with Gasteiger partial charge in [0.05, 0.1) is 0 Å². The summed E-state index contributed by atoms with van der Waals surface area (Å²) >= 11 is 0. The predicted octanol–water partition coefficient (Wildman–Crippen LogP) is 2.64. The Kier molecular flexibility index (Phi) is 3.87. The zero-order valence-electron chi connectivity index (χ0n) is 9.81. The number of carbonyl (C=O) groups is 1. The van der Waals surface area contributed by atoms with E-state index in [0.717, 1.165) is 12.1 Å². The van der Waals surface area contributed by atoms with Crippen molar-refractivity contribution in [2.75, 3.05) is 5.32 Å². The number of amides is 1. The van der Waals surface area contributed by atoms with E-state index in [1.54, 1.807) is 30.3 Å². The molecule has 0 bridgehead atoms. The number of rotatable bonds is 3. The lowest BCUT2D eigenvalue weighted by molar-refractivity contribution is -0.124. The minimum atomic E-state index is -1.37. The summed E-state index contributed by atoms with van der Waals surface area (Å²) in [5.41, 5.74) is 0.501. The molecule has 0 unspecified atom stereocenters. The van der Waals surface area contributed by atoms with Crippen molar-refractivity contribution in [1.82, 2.24) is 0 Å². The molecule has 2 rings (SSSR count). The van der Waals surface area contributed by atoms with E-state index in [0.29, 0.717) is 5.56 Å². The number of halogens is 2. The quantitative estimate of drug-likeness (QED) is 0.894. The molecule has 0 saturated heterocycles. The molecule has 0 saturated carbocycles. The van der Waals surface area contributed by atoms with Crippen LogP contribution in [0.3, 0.4) is 0 Å². The molecular formula is C14H11F2NO2. The Bertz CT molecular complexity index is 587. The van der Waals surface area contributed by atoms with E-state index in [2.05, 4.69) is 5.32 Å². The zero-order valence-corrected chi connectivity index (χ0v) is 9.81. The minimum Gasteiger partial charge on any atom is -0.378 e. The highest BCUT2D eigenvalue weighted by molar-refractivity contribution is 5.94. The number of nitrogens with one attached hydrogen (secondary N) is 1. The van der Waals surface area contributed by atoms with Crippen LogP contribution in [-0.2, 0) is 4.79 Å². The van der Waals surface area contributed by atoms with E-state index in [1.165, 1.54) is 6.07 Å². The highest BCUT2D eigenvalue weighted by Crippen LogP contribution is 2.17. The van der Waals surface area contributed by atoms with Crippen LogP contribution in [0.4, 0.5) is 14.5 Å². The summed E-state index contributed by atoms with van der Waals surface area (Å²) in [6.07, 6.45) is -1.37. The molecule has 0 aliphatic carbocycles. The fourth-order valence-corrected chi connectivity index (χ4v) is 1.57. The van der Waals surface area contributed by atoms with Crippen LogP contribution < -0.4 is 5.32 Å². The van der Waals surface area contributed by atoms with Gasteiger partial charge in [-0.1, -0.05) is 30.3 Å². The van der Waals surface area contributed by atoms with Gasteiger partial charge in [0, 0.05) is 11.8 Å². The second-order valence-corrected chi connectivity index (χ2v) is 3.93. The smallest absolute Gasteiger partial charge is 0.257 e. The van der Waals surface area contributed by atoms with Crippen LogP contribution in [0, 0.1) is 11.6 Å². The van der Waals surface area contributed by atoms with Crippen LogP contribution in [-0.4, -0.2) is 11.0 Å². The lowest BCUT2D eigenvalue weighted by atomic mass is 10.1. The van der Waals surface area contributed by atoms with Gasteiger partial charge in [-0.3, -0.25) is 4.79 Å². The lowest BCUT2D eigenvalue weighted by Crippen LogP contribution is -2.20. The number of aliphatic hydroxyl groups is 1. The lowest BCUT2D eigenvalue weighted by Gasteiger charge is -2.11. The Morgan fingerprint density at radius 1 is 1.05 bits per heavy atom. The summed E-state index contributed by atoms with van der Waals surface area (Å²) in [5, 5.41) is 12.1. The van der Waals surface area contributed by atoms with Crippen molar-refractivity contribution in [3.63, 3.8) is 0 Å². The molecule has 0 aliphatic rings. The highest BCUT2D eigenvalue weighted by atomic mass is 19.2. The Labute approximate surface area is 108 Å². The Morgan fingerprint density at radius 3 is 2.37 bits per heavy atom. The van der Waals surface area contributed by atoms with Crippen molar-refractivity contribution < 1.29 is 18.7 Å². The molecule has 0 spiro atoms. The van der Waals surface area contributed by atoms with Gasteiger partial charge in [-0.25, -0.2) is 8.78 Å². The molecule has 5 heteroatoms. The number of hydrogen-bond acceptors (Lipinski definition) is 2. The van der Waals surface area contributed by atoms with Crippen LogP contribution >= 0.6 is 0 Å². The Morgan fingerprint density at radius 2 is 1.74 bits per heavy atom. The van der Waals surface area contributed by atoms with Crippen molar-refractivity contribution in [3.05, 3.63) is 65.7 Å². The van der Waals surface area contributed by atoms with E-state index >= 15 is 0 Å². The first-order valence-corrected chi connectivity index (χ1v) is 5.57. The molecule has 2 N–H and O–H groups in total. The van der Waals surface area contributed by atoms with Crippen molar-refractivity contribution in [2.45, 2.75) is 6.10 Å². The van der Waals surface area contributed by atoms with E-state index in [4.69, 9.17) is 0 Å². The van der Waals surface area contributed by atoms with Gasteiger partial charge in [0.2, 0.25) is 0 Å². The third-order valence-corrected chi connectivity index (χ3v) is 2.55. The summed E-state index contributed by atoms with van der Waals surface area (Å²) < 4.78 is 25.7. The second kappa shape index (κ2) is 5.58. The highest BCUT2D eigenvalue weighted by Gasteiger charge is 2.17. The van der Waals surface area contributed by atoms with Gasteiger partial charge in [0.25, 0.3) is 5.91 Å². The van der Waals surface area contributed by atoms with Gasteiger partial charge in [0.15, 0.2) is 17.7 Å². The summed E-state index contributed by atoms with van der Waals surface area (Å²) in [6.45, 7) is 0. The average Bonchev–Trinajstić information content (AvgIpc) is 2.43. The summed E-state index contributed by atoms with van der Waals surface area (Å²) in [4.78, 5) is 11.7. The molecule has 1 atom stereocenters. The molecule has 0 radical (unpaired) electrons. The largest absolute Gasteiger partial charge is 0.378 e. The summed E-state index contributed by atoms with van der Waals surface area (Å²) in [6, 6.07) is 11.3. The van der Waals surface area contributed by atoms with E-state index < -0.39 is 23.6 Å². The first kappa shape index (κ1) is 13.2. The van der Waals surface area contributed by atoms with Crippen LogP contribution in [0.2, 0.25) is 0 Å². The minimum absolute atomic E-state index is 0.0823. The topological polar surface area (TPSA) is 49.3 Å². The van der Waals surface area contributed by atoms with Gasteiger partial charge in [0.1, 0.15) is 0 Å². The molecule has 98 valence electrons. The van der Waals surface area contributed by atoms with Gasteiger partial charge in [-0.05, 0) is 17.7 Å². The van der Waals surface area contributed by atoms with Crippen molar-refractivity contribution in [3.8, 4) is 0 Å². The number of anilines is 1. The van der Waals surface area contributed by atoms with Gasteiger partial charge < -0.3 is 10.4 Å². The maximum absolute atomic E-state index is 13.0. The predicted molar refractivity (Wildman–Crippen MR) is 66.4 cm³/mol. The summed E-state index contributed by atoms with van der Waals surface area (Å²) in [7, 11) is 0. The number of hydrogen-bond donors (Lipinski definition) is 2. The molecule has 0 aromatic heterocycles. The summed E-state index contributed by atoms with van der Waals surface area (Å²) in [5.74, 6) is -2.77. The van der Waals surface area contributed by atoms with Gasteiger partial charge in [-0.2, -0.15) is 0 Å². The Hall–Kier alpha value is -2.27. The van der Waals surface area contributed by atoms with Gasteiger partial charge >= 0.3 is 0 Å². The molecule has 0 heterocycles. The SMILES string of the molecule is O=C(Nc1ccc(F)c(F)c1)[C@H](O)c1ccccc1.